The SMILES string of the molecule is Cc1ccc(Br)cc1Nc1ccnc(CCN)n1. The van der Waals surface area contributed by atoms with Crippen molar-refractivity contribution < 1.29 is 0 Å². The van der Waals surface area contributed by atoms with Crippen molar-refractivity contribution in [3.8, 4) is 0 Å². The third kappa shape index (κ3) is 3.27. The lowest BCUT2D eigenvalue weighted by atomic mass is 10.2. The van der Waals surface area contributed by atoms with E-state index < -0.39 is 0 Å². The molecule has 2 rings (SSSR count). The fourth-order valence-corrected chi connectivity index (χ4v) is 1.95. The summed E-state index contributed by atoms with van der Waals surface area (Å²) >= 11 is 3.46. The minimum absolute atomic E-state index is 0.555. The van der Waals surface area contributed by atoms with Crippen LogP contribution in [0.25, 0.3) is 0 Å². The first-order valence-corrected chi connectivity index (χ1v) is 6.53. The van der Waals surface area contributed by atoms with Crippen LogP contribution in [0.4, 0.5) is 11.5 Å². The first-order chi connectivity index (χ1) is 8.69. The van der Waals surface area contributed by atoms with E-state index in [1.807, 2.05) is 18.2 Å². The van der Waals surface area contributed by atoms with Crippen molar-refractivity contribution >= 4 is 27.4 Å². The number of aryl methyl sites for hydroxylation is 1. The lowest BCUT2D eigenvalue weighted by Gasteiger charge is -2.10. The molecule has 1 aromatic heterocycles. The Morgan fingerprint density at radius 1 is 1.33 bits per heavy atom. The number of aromatic nitrogens is 2. The number of nitrogens with zero attached hydrogens (tertiary/aromatic N) is 2. The van der Waals surface area contributed by atoms with Crippen LogP contribution >= 0.6 is 15.9 Å². The number of nitrogens with one attached hydrogen (secondary N) is 1. The molecule has 1 heterocycles. The maximum atomic E-state index is 5.50. The second-order valence-electron chi connectivity index (χ2n) is 3.98. The number of nitrogens with two attached hydrogens (primary N) is 1. The summed E-state index contributed by atoms with van der Waals surface area (Å²) in [6.07, 6.45) is 2.43. The quantitative estimate of drug-likeness (QED) is 0.911. The van der Waals surface area contributed by atoms with Crippen molar-refractivity contribution in [3.05, 3.63) is 46.3 Å². The number of hydrogen-bond acceptors (Lipinski definition) is 4. The Morgan fingerprint density at radius 3 is 2.94 bits per heavy atom. The Bertz CT molecular complexity index is 542. The summed E-state index contributed by atoms with van der Waals surface area (Å²) < 4.78 is 1.03. The number of benzene rings is 1. The van der Waals surface area contributed by atoms with Gasteiger partial charge in [0.05, 0.1) is 0 Å². The number of halogens is 1. The van der Waals surface area contributed by atoms with Crippen molar-refractivity contribution in [2.24, 2.45) is 5.73 Å². The highest BCUT2D eigenvalue weighted by Gasteiger charge is 2.02. The highest BCUT2D eigenvalue weighted by molar-refractivity contribution is 9.10. The smallest absolute Gasteiger partial charge is 0.134 e. The average Bonchev–Trinajstić information content (AvgIpc) is 2.35. The predicted molar refractivity (Wildman–Crippen MR) is 77.0 cm³/mol. The zero-order valence-electron chi connectivity index (χ0n) is 10.2. The first kappa shape index (κ1) is 13.0. The van der Waals surface area contributed by atoms with E-state index >= 15 is 0 Å². The highest BCUT2D eigenvalue weighted by Crippen LogP contribution is 2.23. The van der Waals surface area contributed by atoms with Crippen molar-refractivity contribution in [1.29, 1.82) is 0 Å². The van der Waals surface area contributed by atoms with Gasteiger partial charge in [0.15, 0.2) is 0 Å². The lowest BCUT2D eigenvalue weighted by Crippen LogP contribution is -2.07. The van der Waals surface area contributed by atoms with Crippen LogP contribution in [0, 0.1) is 6.92 Å². The second kappa shape index (κ2) is 5.93. The molecule has 0 saturated carbocycles. The molecule has 0 saturated heterocycles. The van der Waals surface area contributed by atoms with Crippen molar-refractivity contribution in [2.45, 2.75) is 13.3 Å². The molecule has 5 heteroatoms. The summed E-state index contributed by atoms with van der Waals surface area (Å²) in [7, 11) is 0. The topological polar surface area (TPSA) is 63.8 Å². The van der Waals surface area contributed by atoms with E-state index in [2.05, 4.69) is 44.2 Å². The number of anilines is 2. The van der Waals surface area contributed by atoms with E-state index in [4.69, 9.17) is 5.73 Å². The maximum absolute atomic E-state index is 5.50. The summed E-state index contributed by atoms with van der Waals surface area (Å²) in [6, 6.07) is 7.94. The van der Waals surface area contributed by atoms with Gasteiger partial charge in [0, 0.05) is 22.8 Å². The Kier molecular flexibility index (Phi) is 4.28. The van der Waals surface area contributed by atoms with Crippen molar-refractivity contribution in [1.82, 2.24) is 9.97 Å². The van der Waals surface area contributed by atoms with Gasteiger partial charge in [0.25, 0.3) is 0 Å². The highest BCUT2D eigenvalue weighted by atomic mass is 79.9. The van der Waals surface area contributed by atoms with E-state index in [1.54, 1.807) is 6.20 Å². The van der Waals surface area contributed by atoms with Crippen LogP contribution in [-0.2, 0) is 6.42 Å². The second-order valence-corrected chi connectivity index (χ2v) is 4.90. The van der Waals surface area contributed by atoms with Gasteiger partial charge in [-0.25, -0.2) is 9.97 Å². The fraction of sp³-hybridized carbons (Fsp3) is 0.231. The van der Waals surface area contributed by atoms with Gasteiger partial charge in [-0.05, 0) is 37.2 Å². The van der Waals surface area contributed by atoms with Gasteiger partial charge in [0.1, 0.15) is 11.6 Å². The standard InChI is InChI=1S/C13H15BrN4/c1-9-2-3-10(14)8-11(9)17-13-5-7-16-12(18-13)4-6-15/h2-3,5,7-8H,4,6,15H2,1H3,(H,16,17,18). The van der Waals surface area contributed by atoms with Gasteiger partial charge < -0.3 is 11.1 Å². The summed E-state index contributed by atoms with van der Waals surface area (Å²) in [4.78, 5) is 8.58. The molecule has 1 aromatic carbocycles. The van der Waals surface area contributed by atoms with Gasteiger partial charge in [-0.3, -0.25) is 0 Å². The van der Waals surface area contributed by atoms with Crippen LogP contribution in [0.15, 0.2) is 34.9 Å². The third-order valence-electron chi connectivity index (χ3n) is 2.54. The molecule has 0 amide bonds. The molecule has 0 aliphatic rings. The Morgan fingerprint density at radius 2 is 2.17 bits per heavy atom. The molecule has 0 bridgehead atoms. The Balaban J connectivity index is 2.22. The van der Waals surface area contributed by atoms with Crippen molar-refractivity contribution in [3.63, 3.8) is 0 Å². The Labute approximate surface area is 115 Å². The molecule has 0 atom stereocenters. The van der Waals surface area contributed by atoms with E-state index in [9.17, 15) is 0 Å². The van der Waals surface area contributed by atoms with Crippen LogP contribution in [0.2, 0.25) is 0 Å². The normalized spacial score (nSPS) is 10.4. The Hall–Kier alpha value is -1.46. The average molecular weight is 307 g/mol. The molecular weight excluding hydrogens is 292 g/mol. The molecule has 0 spiro atoms. The number of rotatable bonds is 4. The summed E-state index contributed by atoms with van der Waals surface area (Å²) in [6.45, 7) is 2.61. The molecule has 3 N–H and O–H groups in total. The van der Waals surface area contributed by atoms with Crippen LogP contribution in [0.3, 0.4) is 0 Å². The lowest BCUT2D eigenvalue weighted by molar-refractivity contribution is 0.869. The zero-order chi connectivity index (χ0) is 13.0. The largest absolute Gasteiger partial charge is 0.340 e. The fourth-order valence-electron chi connectivity index (χ4n) is 1.59. The van der Waals surface area contributed by atoms with Gasteiger partial charge >= 0.3 is 0 Å². The predicted octanol–water partition coefficient (Wildman–Crippen LogP) is 2.79. The molecule has 0 aliphatic heterocycles. The summed E-state index contributed by atoms with van der Waals surface area (Å²) in [5.74, 6) is 1.55. The van der Waals surface area contributed by atoms with E-state index in [0.29, 0.717) is 13.0 Å². The molecule has 0 unspecified atom stereocenters. The van der Waals surface area contributed by atoms with E-state index in [0.717, 1.165) is 27.4 Å². The number of hydrogen-bond donors (Lipinski definition) is 2. The van der Waals surface area contributed by atoms with Gasteiger partial charge in [0.2, 0.25) is 0 Å². The molecule has 2 aromatic rings. The molecule has 0 aliphatic carbocycles. The minimum Gasteiger partial charge on any atom is -0.340 e. The van der Waals surface area contributed by atoms with Gasteiger partial charge in [-0.2, -0.15) is 0 Å². The molecular formula is C13H15BrN4. The zero-order valence-corrected chi connectivity index (χ0v) is 11.7. The molecule has 18 heavy (non-hydrogen) atoms. The van der Waals surface area contributed by atoms with Gasteiger partial charge in [-0.15, -0.1) is 0 Å². The van der Waals surface area contributed by atoms with Crippen LogP contribution in [-0.4, -0.2) is 16.5 Å². The van der Waals surface area contributed by atoms with Crippen LogP contribution < -0.4 is 11.1 Å². The maximum Gasteiger partial charge on any atom is 0.134 e. The first-order valence-electron chi connectivity index (χ1n) is 5.74. The molecule has 0 radical (unpaired) electrons. The van der Waals surface area contributed by atoms with Gasteiger partial charge in [-0.1, -0.05) is 22.0 Å². The van der Waals surface area contributed by atoms with Crippen LogP contribution in [0.1, 0.15) is 11.4 Å². The van der Waals surface area contributed by atoms with Crippen LogP contribution in [0.5, 0.6) is 0 Å². The third-order valence-corrected chi connectivity index (χ3v) is 3.03. The monoisotopic (exact) mass is 306 g/mol. The molecule has 4 nitrogen and oxygen atoms in total. The van der Waals surface area contributed by atoms with E-state index in [1.165, 1.54) is 0 Å². The van der Waals surface area contributed by atoms with E-state index in [-0.39, 0.29) is 0 Å². The summed E-state index contributed by atoms with van der Waals surface area (Å²) in [5.41, 5.74) is 7.69. The summed E-state index contributed by atoms with van der Waals surface area (Å²) in [5, 5.41) is 3.29. The van der Waals surface area contributed by atoms with Crippen molar-refractivity contribution in [2.75, 3.05) is 11.9 Å². The molecule has 0 fully saturated rings. The minimum atomic E-state index is 0.555. The molecule has 94 valence electrons.